The van der Waals surface area contributed by atoms with E-state index in [0.29, 0.717) is 17.4 Å². The number of alkyl halides is 3. The molecule has 0 aliphatic carbocycles. The van der Waals surface area contributed by atoms with Crippen LogP contribution in [0, 0.1) is 27.7 Å². The third-order valence-electron chi connectivity index (χ3n) is 5.65. The second-order valence-electron chi connectivity index (χ2n) is 8.38. The number of anilines is 1. The highest BCUT2D eigenvalue weighted by atomic mass is 19.4. The van der Waals surface area contributed by atoms with Crippen molar-refractivity contribution in [2.24, 2.45) is 0 Å². The van der Waals surface area contributed by atoms with Gasteiger partial charge >= 0.3 is 6.18 Å². The fourth-order valence-corrected chi connectivity index (χ4v) is 3.90. The molecule has 9 heteroatoms. The number of aryl methyl sites for hydroxylation is 4. The molecule has 0 radical (unpaired) electrons. The van der Waals surface area contributed by atoms with Gasteiger partial charge in [0.2, 0.25) is 5.91 Å². The lowest BCUT2D eigenvalue weighted by Crippen LogP contribution is -2.30. The van der Waals surface area contributed by atoms with Crippen molar-refractivity contribution in [1.82, 2.24) is 14.3 Å². The minimum absolute atomic E-state index is 0.0858. The number of hydrogen-bond acceptors (Lipinski definition) is 3. The Morgan fingerprint density at radius 2 is 1.62 bits per heavy atom. The minimum atomic E-state index is -4.76. The summed E-state index contributed by atoms with van der Waals surface area (Å²) < 4.78 is 43.8. The van der Waals surface area contributed by atoms with Crippen molar-refractivity contribution in [3.63, 3.8) is 0 Å². The van der Waals surface area contributed by atoms with Gasteiger partial charge in [0.25, 0.3) is 5.56 Å². The van der Waals surface area contributed by atoms with E-state index in [4.69, 9.17) is 0 Å². The molecule has 0 fully saturated rings. The molecule has 0 saturated heterocycles. The first-order valence-corrected chi connectivity index (χ1v) is 10.6. The summed E-state index contributed by atoms with van der Waals surface area (Å²) >= 11 is 0. The molecule has 6 nitrogen and oxygen atoms in total. The Kier molecular flexibility index (Phi) is 5.80. The summed E-state index contributed by atoms with van der Waals surface area (Å²) in [5.74, 6) is -0.536. The van der Waals surface area contributed by atoms with Gasteiger partial charge in [0.15, 0.2) is 0 Å². The van der Waals surface area contributed by atoms with E-state index < -0.39 is 29.8 Å². The number of amides is 1. The van der Waals surface area contributed by atoms with Crippen LogP contribution in [0.3, 0.4) is 0 Å². The zero-order valence-corrected chi connectivity index (χ0v) is 19.1. The molecule has 0 saturated carbocycles. The lowest BCUT2D eigenvalue weighted by molar-refractivity contribution is -0.136. The van der Waals surface area contributed by atoms with E-state index in [-0.39, 0.29) is 16.7 Å². The van der Waals surface area contributed by atoms with Crippen molar-refractivity contribution in [2.45, 2.75) is 40.4 Å². The molecule has 2 heterocycles. The molecule has 2 aromatic heterocycles. The second-order valence-corrected chi connectivity index (χ2v) is 8.38. The van der Waals surface area contributed by atoms with Gasteiger partial charge in [0.05, 0.1) is 22.3 Å². The summed E-state index contributed by atoms with van der Waals surface area (Å²) in [4.78, 5) is 25.8. The molecule has 0 aliphatic rings. The first kappa shape index (κ1) is 23.3. The van der Waals surface area contributed by atoms with Crippen molar-refractivity contribution in [2.75, 3.05) is 5.32 Å². The fourth-order valence-electron chi connectivity index (χ4n) is 3.90. The molecule has 0 bridgehead atoms. The topological polar surface area (TPSA) is 68.9 Å². The van der Waals surface area contributed by atoms with Crippen LogP contribution in [0.2, 0.25) is 0 Å². The molecule has 4 rings (SSSR count). The Hall–Kier alpha value is -3.88. The Bertz CT molecular complexity index is 1470. The number of carbonyl (C=O) groups excluding carboxylic acids is 1. The number of nitrogens with zero attached hydrogens (tertiary/aromatic N) is 3. The first-order chi connectivity index (χ1) is 16.0. The number of benzene rings is 2. The second kappa shape index (κ2) is 8.48. The number of carbonyl (C=O) groups is 1. The largest absolute Gasteiger partial charge is 0.417 e. The SMILES string of the molecule is Cc1ccc(-n2nc(C)c3c(C(F)(F)F)cc(=O)n(CC(=O)Nc4cc(C)ccc4C)c32)cc1. The molecule has 0 atom stereocenters. The van der Waals surface area contributed by atoms with Crippen LogP contribution < -0.4 is 10.9 Å². The van der Waals surface area contributed by atoms with E-state index >= 15 is 0 Å². The van der Waals surface area contributed by atoms with Crippen molar-refractivity contribution >= 4 is 22.6 Å². The molecule has 34 heavy (non-hydrogen) atoms. The Morgan fingerprint density at radius 1 is 0.971 bits per heavy atom. The van der Waals surface area contributed by atoms with Gasteiger partial charge in [-0.25, -0.2) is 4.68 Å². The highest BCUT2D eigenvalue weighted by molar-refractivity contribution is 5.93. The number of pyridine rings is 1. The monoisotopic (exact) mass is 468 g/mol. The van der Waals surface area contributed by atoms with Crippen LogP contribution in [0.4, 0.5) is 18.9 Å². The summed E-state index contributed by atoms with van der Waals surface area (Å²) in [6.07, 6.45) is -4.76. The van der Waals surface area contributed by atoms with E-state index in [1.165, 1.54) is 11.6 Å². The van der Waals surface area contributed by atoms with Gasteiger partial charge in [0.1, 0.15) is 12.2 Å². The lowest BCUT2D eigenvalue weighted by Gasteiger charge is -2.15. The van der Waals surface area contributed by atoms with Crippen LogP contribution in [0.5, 0.6) is 0 Å². The Balaban J connectivity index is 1.90. The summed E-state index contributed by atoms with van der Waals surface area (Å²) in [5, 5.41) is 6.85. The molecule has 4 aromatic rings. The Labute approximate surface area is 193 Å². The molecule has 2 aromatic carbocycles. The van der Waals surface area contributed by atoms with Crippen LogP contribution >= 0.6 is 0 Å². The predicted octanol–water partition coefficient (Wildman–Crippen LogP) is 5.08. The van der Waals surface area contributed by atoms with Gasteiger partial charge < -0.3 is 5.32 Å². The van der Waals surface area contributed by atoms with Crippen LogP contribution in [-0.2, 0) is 17.5 Å². The number of halogens is 3. The van der Waals surface area contributed by atoms with E-state index in [1.807, 2.05) is 32.9 Å². The first-order valence-electron chi connectivity index (χ1n) is 10.6. The molecule has 0 aliphatic heterocycles. The summed E-state index contributed by atoms with van der Waals surface area (Å²) in [7, 11) is 0. The van der Waals surface area contributed by atoms with Crippen LogP contribution in [-0.4, -0.2) is 20.3 Å². The van der Waals surface area contributed by atoms with Gasteiger partial charge in [-0.2, -0.15) is 18.3 Å². The van der Waals surface area contributed by atoms with Gasteiger partial charge in [-0.3, -0.25) is 14.2 Å². The maximum absolute atomic E-state index is 13.8. The van der Waals surface area contributed by atoms with Gasteiger partial charge in [-0.1, -0.05) is 29.8 Å². The zero-order valence-electron chi connectivity index (χ0n) is 19.1. The molecular formula is C25H23F3N4O2. The van der Waals surface area contributed by atoms with E-state index in [9.17, 15) is 22.8 Å². The van der Waals surface area contributed by atoms with E-state index in [1.54, 1.807) is 30.3 Å². The van der Waals surface area contributed by atoms with Crippen molar-refractivity contribution in [1.29, 1.82) is 0 Å². The summed E-state index contributed by atoms with van der Waals surface area (Å²) in [6, 6.07) is 13.1. The number of nitrogens with one attached hydrogen (secondary N) is 1. The minimum Gasteiger partial charge on any atom is -0.324 e. The maximum atomic E-state index is 13.8. The lowest BCUT2D eigenvalue weighted by atomic mass is 10.1. The number of hydrogen-bond donors (Lipinski definition) is 1. The quantitative estimate of drug-likeness (QED) is 0.454. The number of fused-ring (bicyclic) bond motifs is 1. The third-order valence-corrected chi connectivity index (χ3v) is 5.65. The van der Waals surface area contributed by atoms with Crippen molar-refractivity contribution < 1.29 is 18.0 Å². The van der Waals surface area contributed by atoms with Crippen molar-refractivity contribution in [3.8, 4) is 5.69 Å². The normalized spacial score (nSPS) is 11.7. The highest BCUT2D eigenvalue weighted by Gasteiger charge is 2.36. The molecule has 0 unspecified atom stereocenters. The summed E-state index contributed by atoms with van der Waals surface area (Å²) in [5.41, 5.74) is 1.77. The highest BCUT2D eigenvalue weighted by Crippen LogP contribution is 2.36. The average Bonchev–Trinajstić information content (AvgIpc) is 3.09. The molecule has 176 valence electrons. The van der Waals surface area contributed by atoms with Gasteiger partial charge in [-0.05, 0) is 57.0 Å². The van der Waals surface area contributed by atoms with E-state index in [0.717, 1.165) is 21.3 Å². The van der Waals surface area contributed by atoms with Crippen LogP contribution in [0.25, 0.3) is 16.7 Å². The smallest absolute Gasteiger partial charge is 0.324 e. The van der Waals surface area contributed by atoms with Gasteiger partial charge in [-0.15, -0.1) is 0 Å². The predicted molar refractivity (Wildman–Crippen MR) is 124 cm³/mol. The Morgan fingerprint density at radius 3 is 2.26 bits per heavy atom. The van der Waals surface area contributed by atoms with E-state index in [2.05, 4.69) is 10.4 Å². The average molecular weight is 468 g/mol. The molecule has 1 amide bonds. The zero-order chi connectivity index (χ0) is 24.8. The van der Waals surface area contributed by atoms with Gasteiger partial charge in [0, 0.05) is 11.8 Å². The van der Waals surface area contributed by atoms with Crippen molar-refractivity contribution in [3.05, 3.63) is 86.8 Å². The van der Waals surface area contributed by atoms with Crippen LogP contribution in [0.1, 0.15) is 27.9 Å². The summed E-state index contributed by atoms with van der Waals surface area (Å²) in [6.45, 7) is 6.56. The molecule has 0 spiro atoms. The number of aromatic nitrogens is 3. The molecular weight excluding hydrogens is 445 g/mol. The fraction of sp³-hybridized carbons (Fsp3) is 0.240. The number of rotatable bonds is 4. The third kappa shape index (κ3) is 4.33. The standard InChI is InChI=1S/C25H23F3N4O2/c1-14-6-9-18(10-7-14)32-24-23(17(4)30-32)19(25(26,27)28)12-22(34)31(24)13-21(33)29-20-11-15(2)5-8-16(20)3/h5-12H,13H2,1-4H3,(H,29,33). The van der Waals surface area contributed by atoms with Crippen LogP contribution in [0.15, 0.2) is 53.3 Å². The maximum Gasteiger partial charge on any atom is 0.417 e. The molecule has 1 N–H and O–H groups in total.